The molecule has 1 aromatic carbocycles. The van der Waals surface area contributed by atoms with E-state index in [1.807, 2.05) is 0 Å². The fraction of sp³-hybridized carbons (Fsp3) is 0.455. The van der Waals surface area contributed by atoms with E-state index in [1.165, 1.54) is 6.07 Å². The molecule has 1 aromatic rings. The molecule has 0 spiro atoms. The Labute approximate surface area is 100 Å². The van der Waals surface area contributed by atoms with Gasteiger partial charge < -0.3 is 20.6 Å². The third kappa shape index (κ3) is 2.33. The highest BCUT2D eigenvalue weighted by molar-refractivity contribution is 5.85. The summed E-state index contributed by atoms with van der Waals surface area (Å²) < 4.78 is 0. The molecule has 1 atom stereocenters. The van der Waals surface area contributed by atoms with Crippen LogP contribution < -0.4 is 5.32 Å². The predicted molar refractivity (Wildman–Crippen MR) is 63.3 cm³/mol. The first-order chi connectivity index (χ1) is 7.20. The molecule has 5 heteroatoms. The molecule has 0 aromatic heterocycles. The van der Waals surface area contributed by atoms with Gasteiger partial charge in [0.05, 0.1) is 0 Å². The van der Waals surface area contributed by atoms with Crippen LogP contribution in [0, 0.1) is 0 Å². The number of phenolic OH excluding ortho intramolecular Hbond substituents is 3. The van der Waals surface area contributed by atoms with E-state index in [1.54, 1.807) is 6.07 Å². The number of hydrogen-bond acceptors (Lipinski definition) is 4. The lowest BCUT2D eigenvalue weighted by Crippen LogP contribution is -2.26. The molecule has 0 saturated carbocycles. The largest absolute Gasteiger partial charge is 0.504 e. The Morgan fingerprint density at radius 2 is 1.81 bits per heavy atom. The quantitative estimate of drug-likeness (QED) is 0.572. The van der Waals surface area contributed by atoms with Crippen LogP contribution in [0.2, 0.25) is 0 Å². The summed E-state index contributed by atoms with van der Waals surface area (Å²) >= 11 is 0. The highest BCUT2D eigenvalue weighted by Gasteiger charge is 2.20. The van der Waals surface area contributed by atoms with Gasteiger partial charge in [0.15, 0.2) is 11.5 Å². The van der Waals surface area contributed by atoms with Crippen LogP contribution >= 0.6 is 12.4 Å². The molecule has 4 nitrogen and oxygen atoms in total. The molecule has 1 heterocycles. The van der Waals surface area contributed by atoms with Gasteiger partial charge in [0.2, 0.25) is 5.75 Å². The van der Waals surface area contributed by atoms with Crippen LogP contribution in [-0.2, 0) is 0 Å². The maximum absolute atomic E-state index is 9.68. The molecule has 1 aliphatic rings. The van der Waals surface area contributed by atoms with Crippen LogP contribution in [0.15, 0.2) is 12.1 Å². The van der Waals surface area contributed by atoms with Crippen molar-refractivity contribution in [2.75, 3.05) is 6.54 Å². The molecule has 16 heavy (non-hydrogen) atoms. The Hall–Kier alpha value is -1.13. The molecule has 0 bridgehead atoms. The number of halogens is 1. The minimum atomic E-state index is -0.431. The number of aromatic hydroxyl groups is 3. The van der Waals surface area contributed by atoms with Gasteiger partial charge in [-0.25, -0.2) is 0 Å². The maximum atomic E-state index is 9.68. The molecular weight excluding hydrogens is 230 g/mol. The Morgan fingerprint density at radius 1 is 1.06 bits per heavy atom. The number of piperidine rings is 1. The number of benzene rings is 1. The third-order valence-electron chi connectivity index (χ3n) is 2.85. The molecule has 2 rings (SSSR count). The fourth-order valence-electron chi connectivity index (χ4n) is 1.98. The van der Waals surface area contributed by atoms with Crippen LogP contribution in [0.4, 0.5) is 0 Å². The Balaban J connectivity index is 0.00000128. The molecule has 4 N–H and O–H groups in total. The van der Waals surface area contributed by atoms with Crippen LogP contribution in [0.3, 0.4) is 0 Å². The van der Waals surface area contributed by atoms with E-state index in [2.05, 4.69) is 5.32 Å². The van der Waals surface area contributed by atoms with Gasteiger partial charge in [-0.05, 0) is 31.5 Å². The van der Waals surface area contributed by atoms with Crippen molar-refractivity contribution < 1.29 is 15.3 Å². The normalized spacial score (nSPS) is 20.1. The van der Waals surface area contributed by atoms with Crippen LogP contribution in [0.25, 0.3) is 0 Å². The van der Waals surface area contributed by atoms with Gasteiger partial charge in [-0.2, -0.15) is 0 Å². The second-order valence-corrected chi connectivity index (χ2v) is 3.87. The average molecular weight is 246 g/mol. The Morgan fingerprint density at radius 3 is 2.44 bits per heavy atom. The maximum Gasteiger partial charge on any atom is 0.200 e. The zero-order valence-electron chi connectivity index (χ0n) is 8.81. The highest BCUT2D eigenvalue weighted by atomic mass is 35.5. The van der Waals surface area contributed by atoms with Crippen molar-refractivity contribution in [3.8, 4) is 17.2 Å². The monoisotopic (exact) mass is 245 g/mol. The predicted octanol–water partition coefficient (Wildman–Crippen LogP) is 2.04. The summed E-state index contributed by atoms with van der Waals surface area (Å²) in [4.78, 5) is 0. The summed E-state index contributed by atoms with van der Waals surface area (Å²) in [5, 5.41) is 31.5. The fourth-order valence-corrected chi connectivity index (χ4v) is 1.98. The summed E-state index contributed by atoms with van der Waals surface area (Å²) in [5.41, 5.74) is 0.657. The SMILES string of the molecule is Cl.Oc1ccc([C@@H]2CCCCN2)c(O)c1O. The summed E-state index contributed by atoms with van der Waals surface area (Å²) in [7, 11) is 0. The lowest BCUT2D eigenvalue weighted by atomic mass is 9.96. The van der Waals surface area contributed by atoms with Crippen molar-refractivity contribution in [3.63, 3.8) is 0 Å². The first-order valence-corrected chi connectivity index (χ1v) is 5.17. The summed E-state index contributed by atoms with van der Waals surface area (Å²) in [6.45, 7) is 0.922. The van der Waals surface area contributed by atoms with E-state index < -0.39 is 5.75 Å². The molecular formula is C11H16ClNO3. The average Bonchev–Trinajstić information content (AvgIpc) is 2.27. The highest BCUT2D eigenvalue weighted by Crippen LogP contribution is 2.41. The molecule has 0 aliphatic carbocycles. The van der Waals surface area contributed by atoms with Gasteiger partial charge in [-0.15, -0.1) is 12.4 Å². The zero-order chi connectivity index (χ0) is 10.8. The second-order valence-electron chi connectivity index (χ2n) is 3.87. The number of hydrogen-bond donors (Lipinski definition) is 4. The van der Waals surface area contributed by atoms with Gasteiger partial charge >= 0.3 is 0 Å². The third-order valence-corrected chi connectivity index (χ3v) is 2.85. The van der Waals surface area contributed by atoms with E-state index in [9.17, 15) is 15.3 Å². The molecule has 1 aliphatic heterocycles. The number of rotatable bonds is 1. The van der Waals surface area contributed by atoms with E-state index in [4.69, 9.17) is 0 Å². The lowest BCUT2D eigenvalue weighted by molar-refractivity contribution is 0.350. The molecule has 0 radical (unpaired) electrons. The van der Waals surface area contributed by atoms with Gasteiger partial charge in [0.25, 0.3) is 0 Å². The van der Waals surface area contributed by atoms with Crippen molar-refractivity contribution in [1.82, 2.24) is 5.32 Å². The van der Waals surface area contributed by atoms with Crippen molar-refractivity contribution in [1.29, 1.82) is 0 Å². The number of nitrogens with one attached hydrogen (secondary N) is 1. The van der Waals surface area contributed by atoms with Crippen molar-refractivity contribution >= 4 is 12.4 Å². The van der Waals surface area contributed by atoms with Crippen LogP contribution in [-0.4, -0.2) is 21.9 Å². The second kappa shape index (κ2) is 5.27. The Bertz CT molecular complexity index is 364. The van der Waals surface area contributed by atoms with Crippen molar-refractivity contribution in [2.45, 2.75) is 25.3 Å². The van der Waals surface area contributed by atoms with E-state index in [0.29, 0.717) is 5.56 Å². The Kier molecular flexibility index (Phi) is 4.26. The molecule has 0 unspecified atom stereocenters. The standard InChI is InChI=1S/C11H15NO3.ClH/c13-9-5-4-7(10(14)11(9)15)8-3-1-2-6-12-8;/h4-5,8,12-15H,1-3,6H2;1H/t8-;/m0./s1. The van der Waals surface area contributed by atoms with E-state index in [0.717, 1.165) is 25.8 Å². The topological polar surface area (TPSA) is 72.7 Å². The lowest BCUT2D eigenvalue weighted by Gasteiger charge is -2.24. The van der Waals surface area contributed by atoms with E-state index in [-0.39, 0.29) is 29.9 Å². The van der Waals surface area contributed by atoms with Crippen molar-refractivity contribution in [2.24, 2.45) is 0 Å². The molecule has 0 amide bonds. The smallest absolute Gasteiger partial charge is 0.200 e. The summed E-state index contributed by atoms with van der Waals surface area (Å²) in [5.74, 6) is -0.929. The summed E-state index contributed by atoms with van der Waals surface area (Å²) in [6, 6.07) is 3.12. The van der Waals surface area contributed by atoms with Crippen LogP contribution in [0.1, 0.15) is 30.9 Å². The molecule has 90 valence electrons. The number of phenols is 3. The zero-order valence-corrected chi connectivity index (χ0v) is 9.63. The van der Waals surface area contributed by atoms with Gasteiger partial charge in [-0.1, -0.05) is 6.42 Å². The summed E-state index contributed by atoms with van der Waals surface area (Å²) in [6.07, 6.45) is 3.19. The first kappa shape index (κ1) is 12.9. The van der Waals surface area contributed by atoms with Crippen molar-refractivity contribution in [3.05, 3.63) is 17.7 Å². The minimum Gasteiger partial charge on any atom is -0.504 e. The molecule has 1 fully saturated rings. The van der Waals surface area contributed by atoms with Crippen LogP contribution in [0.5, 0.6) is 17.2 Å². The first-order valence-electron chi connectivity index (χ1n) is 5.17. The van der Waals surface area contributed by atoms with Gasteiger partial charge in [0, 0.05) is 11.6 Å². The van der Waals surface area contributed by atoms with Gasteiger partial charge in [-0.3, -0.25) is 0 Å². The van der Waals surface area contributed by atoms with E-state index >= 15 is 0 Å². The van der Waals surface area contributed by atoms with Gasteiger partial charge in [0.1, 0.15) is 0 Å². The molecule has 1 saturated heterocycles. The minimum absolute atomic E-state index is 0.